The molecule has 0 rings (SSSR count). The first-order chi connectivity index (χ1) is 4.77. The molecule has 10 heavy (non-hydrogen) atoms. The van der Waals surface area contributed by atoms with Gasteiger partial charge in [-0.1, -0.05) is 12.2 Å². The van der Waals surface area contributed by atoms with Gasteiger partial charge in [0.15, 0.2) is 0 Å². The van der Waals surface area contributed by atoms with Crippen molar-refractivity contribution in [1.82, 2.24) is 0 Å². The van der Waals surface area contributed by atoms with Gasteiger partial charge in [0.2, 0.25) is 0 Å². The summed E-state index contributed by atoms with van der Waals surface area (Å²) in [6.07, 6.45) is 5.38. The van der Waals surface area contributed by atoms with E-state index in [0.717, 1.165) is 12.2 Å². The molecule has 1 nitrogen and oxygen atoms in total. The Labute approximate surface area is 68.1 Å². The van der Waals surface area contributed by atoms with Crippen molar-refractivity contribution in [3.8, 4) is 0 Å². The molecule has 0 aliphatic carbocycles. The maximum Gasteiger partial charge on any atom is 0.0113 e. The number of hydrogen-bond donors (Lipinski definition) is 1. The summed E-state index contributed by atoms with van der Waals surface area (Å²) < 4.78 is 0. The Morgan fingerprint density at radius 1 is 1.60 bits per heavy atom. The zero-order valence-corrected chi connectivity index (χ0v) is 7.66. The van der Waals surface area contributed by atoms with Crippen molar-refractivity contribution in [2.24, 2.45) is 5.73 Å². The molecule has 2 N–H and O–H groups in total. The van der Waals surface area contributed by atoms with E-state index in [9.17, 15) is 0 Å². The van der Waals surface area contributed by atoms with Gasteiger partial charge in [-0.25, -0.2) is 0 Å². The molecule has 0 spiro atoms. The normalized spacial score (nSPS) is 14.3. The van der Waals surface area contributed by atoms with Crippen LogP contribution in [0.4, 0.5) is 0 Å². The molecule has 0 heterocycles. The van der Waals surface area contributed by atoms with Crippen LogP contribution in [0, 0.1) is 0 Å². The fourth-order valence-electron chi connectivity index (χ4n) is 0.517. The van der Waals surface area contributed by atoms with Gasteiger partial charge < -0.3 is 5.73 Å². The van der Waals surface area contributed by atoms with Crippen molar-refractivity contribution in [3.63, 3.8) is 0 Å². The summed E-state index contributed by atoms with van der Waals surface area (Å²) in [4.78, 5) is 0. The van der Waals surface area contributed by atoms with E-state index in [4.69, 9.17) is 5.73 Å². The molecule has 0 saturated heterocycles. The standard InChI is InChI=1S/C8H17NS/c1-3-4-6-10-7-5-8(2)9/h3-4,8H,5-7,9H2,1-2H3/b4-3+. The van der Waals surface area contributed by atoms with Gasteiger partial charge >= 0.3 is 0 Å². The van der Waals surface area contributed by atoms with E-state index in [0.29, 0.717) is 6.04 Å². The highest BCUT2D eigenvalue weighted by Gasteiger charge is 1.91. The van der Waals surface area contributed by atoms with Crippen LogP contribution >= 0.6 is 11.8 Å². The first kappa shape index (κ1) is 10.0. The molecule has 0 aromatic heterocycles. The molecule has 1 atom stereocenters. The van der Waals surface area contributed by atoms with Gasteiger partial charge in [0.25, 0.3) is 0 Å². The van der Waals surface area contributed by atoms with Crippen molar-refractivity contribution in [1.29, 1.82) is 0 Å². The Balaban J connectivity index is 2.91. The minimum atomic E-state index is 0.359. The summed E-state index contributed by atoms with van der Waals surface area (Å²) in [6.45, 7) is 4.10. The second-order valence-electron chi connectivity index (χ2n) is 2.41. The number of rotatable bonds is 5. The van der Waals surface area contributed by atoms with Crippen molar-refractivity contribution in [2.75, 3.05) is 11.5 Å². The highest BCUT2D eigenvalue weighted by atomic mass is 32.2. The monoisotopic (exact) mass is 159 g/mol. The number of allylic oxidation sites excluding steroid dienone is 1. The highest BCUT2D eigenvalue weighted by Crippen LogP contribution is 2.03. The van der Waals surface area contributed by atoms with E-state index in [1.807, 2.05) is 18.7 Å². The van der Waals surface area contributed by atoms with Gasteiger partial charge in [0.05, 0.1) is 0 Å². The Kier molecular flexibility index (Phi) is 7.20. The van der Waals surface area contributed by atoms with Crippen LogP contribution < -0.4 is 5.73 Å². The van der Waals surface area contributed by atoms with E-state index < -0.39 is 0 Å². The molecule has 1 unspecified atom stereocenters. The Morgan fingerprint density at radius 2 is 2.30 bits per heavy atom. The van der Waals surface area contributed by atoms with E-state index in [1.54, 1.807) is 0 Å². The lowest BCUT2D eigenvalue weighted by molar-refractivity contribution is 0.721. The van der Waals surface area contributed by atoms with Crippen LogP contribution in [0.5, 0.6) is 0 Å². The average Bonchev–Trinajstić information content (AvgIpc) is 1.87. The summed E-state index contributed by atoms with van der Waals surface area (Å²) in [6, 6.07) is 0.359. The van der Waals surface area contributed by atoms with Crippen LogP contribution in [0.15, 0.2) is 12.2 Å². The van der Waals surface area contributed by atoms with Gasteiger partial charge in [0, 0.05) is 11.8 Å². The molecule has 0 bridgehead atoms. The van der Waals surface area contributed by atoms with Gasteiger partial charge in [-0.2, -0.15) is 11.8 Å². The summed E-state index contributed by atoms with van der Waals surface area (Å²) in [5, 5.41) is 0. The molecule has 0 aliphatic rings. The summed E-state index contributed by atoms with van der Waals surface area (Å²) in [5.41, 5.74) is 5.58. The summed E-state index contributed by atoms with van der Waals surface area (Å²) in [5.74, 6) is 2.31. The van der Waals surface area contributed by atoms with Gasteiger partial charge in [-0.05, 0) is 26.0 Å². The lowest BCUT2D eigenvalue weighted by atomic mass is 10.3. The first-order valence-electron chi connectivity index (χ1n) is 3.72. The van der Waals surface area contributed by atoms with E-state index in [-0.39, 0.29) is 0 Å². The van der Waals surface area contributed by atoms with Gasteiger partial charge in [-0.15, -0.1) is 0 Å². The number of nitrogens with two attached hydrogens (primary N) is 1. The summed E-state index contributed by atoms with van der Waals surface area (Å²) in [7, 11) is 0. The maximum absolute atomic E-state index is 5.58. The third-order valence-corrected chi connectivity index (χ3v) is 2.12. The second-order valence-corrected chi connectivity index (χ2v) is 3.56. The van der Waals surface area contributed by atoms with Crippen LogP contribution in [-0.2, 0) is 0 Å². The molecule has 0 aromatic rings. The highest BCUT2D eigenvalue weighted by molar-refractivity contribution is 7.99. The third kappa shape index (κ3) is 8.05. The molecule has 0 aromatic carbocycles. The quantitative estimate of drug-likeness (QED) is 0.490. The topological polar surface area (TPSA) is 26.0 Å². The fraction of sp³-hybridized carbons (Fsp3) is 0.750. The van der Waals surface area contributed by atoms with Gasteiger partial charge in [0.1, 0.15) is 0 Å². The molecule has 2 heteroatoms. The largest absolute Gasteiger partial charge is 0.328 e. The van der Waals surface area contributed by atoms with Crippen molar-refractivity contribution >= 4 is 11.8 Å². The first-order valence-corrected chi connectivity index (χ1v) is 4.87. The molecule has 0 saturated carbocycles. The molecule has 0 amide bonds. The minimum absolute atomic E-state index is 0.359. The lowest BCUT2D eigenvalue weighted by Crippen LogP contribution is -2.15. The van der Waals surface area contributed by atoms with Crippen LogP contribution in [0.3, 0.4) is 0 Å². The fourth-order valence-corrected chi connectivity index (χ4v) is 1.55. The second kappa shape index (κ2) is 7.16. The van der Waals surface area contributed by atoms with E-state index >= 15 is 0 Å². The van der Waals surface area contributed by atoms with Crippen LogP contribution in [0.2, 0.25) is 0 Å². The van der Waals surface area contributed by atoms with Crippen molar-refractivity contribution < 1.29 is 0 Å². The molecule has 0 radical (unpaired) electrons. The molecule has 0 aliphatic heterocycles. The van der Waals surface area contributed by atoms with Crippen molar-refractivity contribution in [3.05, 3.63) is 12.2 Å². The summed E-state index contributed by atoms with van der Waals surface area (Å²) >= 11 is 1.94. The number of thioether (sulfide) groups is 1. The van der Waals surface area contributed by atoms with Gasteiger partial charge in [-0.3, -0.25) is 0 Å². The Bertz CT molecular complexity index is 89.3. The average molecular weight is 159 g/mol. The molecular formula is C8H17NS. The SMILES string of the molecule is C/C=C/CSCCC(C)N. The molecular weight excluding hydrogens is 142 g/mol. The number of hydrogen-bond acceptors (Lipinski definition) is 2. The van der Waals surface area contributed by atoms with Crippen molar-refractivity contribution in [2.45, 2.75) is 26.3 Å². The van der Waals surface area contributed by atoms with E-state index in [1.165, 1.54) is 5.75 Å². The predicted molar refractivity (Wildman–Crippen MR) is 50.4 cm³/mol. The van der Waals surface area contributed by atoms with Crippen LogP contribution in [0.1, 0.15) is 20.3 Å². The Morgan fingerprint density at radius 3 is 2.80 bits per heavy atom. The zero-order valence-electron chi connectivity index (χ0n) is 6.84. The molecule has 60 valence electrons. The smallest absolute Gasteiger partial charge is 0.0113 e. The van der Waals surface area contributed by atoms with Crippen LogP contribution in [0.25, 0.3) is 0 Å². The lowest BCUT2D eigenvalue weighted by Gasteiger charge is -2.01. The van der Waals surface area contributed by atoms with Crippen LogP contribution in [-0.4, -0.2) is 17.5 Å². The zero-order chi connectivity index (χ0) is 7.82. The van der Waals surface area contributed by atoms with E-state index in [2.05, 4.69) is 19.1 Å². The minimum Gasteiger partial charge on any atom is -0.328 e. The predicted octanol–water partition coefficient (Wildman–Crippen LogP) is 2.03. The maximum atomic E-state index is 5.58. The third-order valence-electron chi connectivity index (χ3n) is 1.17. The molecule has 0 fully saturated rings. The Hall–Kier alpha value is 0.0500.